The van der Waals surface area contributed by atoms with Gasteiger partial charge in [0.25, 0.3) is 0 Å². The minimum absolute atomic E-state index is 0.407. The molecule has 0 aliphatic carbocycles. The Kier molecular flexibility index (Phi) is 3.26. The van der Waals surface area contributed by atoms with Gasteiger partial charge in [0.15, 0.2) is 11.5 Å². The molecule has 3 nitrogen and oxygen atoms in total. The summed E-state index contributed by atoms with van der Waals surface area (Å²) < 4.78 is 11.6. The number of rotatable bonds is 1. The van der Waals surface area contributed by atoms with Gasteiger partial charge in [0.2, 0.25) is 0 Å². The van der Waals surface area contributed by atoms with Crippen LogP contribution in [-0.2, 0) is 0 Å². The first-order chi connectivity index (χ1) is 9.63. The predicted molar refractivity (Wildman–Crippen MR) is 81.2 cm³/mol. The van der Waals surface area contributed by atoms with E-state index in [1.807, 2.05) is 31.2 Å². The molecule has 0 fully saturated rings. The number of aryl methyl sites for hydroxylation is 1. The summed E-state index contributed by atoms with van der Waals surface area (Å²) in [5, 5.41) is 0. The fourth-order valence-corrected chi connectivity index (χ4v) is 2.29. The Morgan fingerprint density at radius 3 is 2.35 bits per heavy atom. The van der Waals surface area contributed by atoms with Crippen LogP contribution in [0.5, 0.6) is 11.5 Å². The van der Waals surface area contributed by atoms with Crippen molar-refractivity contribution in [3.05, 3.63) is 42.0 Å². The van der Waals surface area contributed by atoms with E-state index in [9.17, 15) is 0 Å². The van der Waals surface area contributed by atoms with Gasteiger partial charge in [0, 0.05) is 11.6 Å². The number of ether oxygens (including phenoxy) is 2. The molecule has 1 heterocycles. The van der Waals surface area contributed by atoms with E-state index in [1.54, 1.807) is 0 Å². The Balaban J connectivity index is 1.97. The van der Waals surface area contributed by atoms with E-state index in [0.29, 0.717) is 19.1 Å². The lowest BCUT2D eigenvalue weighted by atomic mass is 10.0. The first-order valence-corrected chi connectivity index (χ1v) is 6.89. The first kappa shape index (κ1) is 12.9. The Labute approximate surface area is 119 Å². The first-order valence-electron chi connectivity index (χ1n) is 6.89. The van der Waals surface area contributed by atoms with E-state index >= 15 is 0 Å². The van der Waals surface area contributed by atoms with Crippen molar-refractivity contribution in [3.8, 4) is 22.6 Å². The highest BCUT2D eigenvalue weighted by Crippen LogP contribution is 2.35. The van der Waals surface area contributed by atoms with E-state index < -0.39 is 0 Å². The smallest absolute Gasteiger partial charge is 0.161 e. The molecule has 3 heteroatoms. The molecule has 2 aromatic rings. The number of fused-ring (bicyclic) bond motifs is 1. The molecule has 20 heavy (non-hydrogen) atoms. The SMILES string of the molecule is Cc1cc(-c2ccc3c(c2)OCC(C)CO3)ccc1N. The fourth-order valence-electron chi connectivity index (χ4n) is 2.29. The second-order valence-electron chi connectivity index (χ2n) is 5.46. The van der Waals surface area contributed by atoms with E-state index in [1.165, 1.54) is 0 Å². The Hall–Kier alpha value is -2.16. The number of nitrogens with two attached hydrogens (primary N) is 1. The van der Waals surface area contributed by atoms with E-state index in [-0.39, 0.29) is 0 Å². The molecule has 1 unspecified atom stereocenters. The van der Waals surface area contributed by atoms with E-state index in [4.69, 9.17) is 15.2 Å². The average molecular weight is 269 g/mol. The standard InChI is InChI=1S/C17H19NO2/c1-11-9-19-16-6-4-14(8-17(16)20-10-11)13-3-5-15(18)12(2)7-13/h3-8,11H,9-10,18H2,1-2H3. The summed E-state index contributed by atoms with van der Waals surface area (Å²) in [6.45, 7) is 5.53. The van der Waals surface area contributed by atoms with Crippen LogP contribution in [0.25, 0.3) is 11.1 Å². The number of anilines is 1. The molecular weight excluding hydrogens is 250 g/mol. The maximum absolute atomic E-state index is 5.87. The summed E-state index contributed by atoms with van der Waals surface area (Å²) in [5.41, 5.74) is 10.0. The highest BCUT2D eigenvalue weighted by atomic mass is 16.5. The van der Waals surface area contributed by atoms with Gasteiger partial charge >= 0.3 is 0 Å². The highest BCUT2D eigenvalue weighted by Gasteiger charge is 2.15. The third-order valence-corrected chi connectivity index (χ3v) is 3.59. The van der Waals surface area contributed by atoms with Crippen molar-refractivity contribution in [2.75, 3.05) is 18.9 Å². The Morgan fingerprint density at radius 2 is 1.60 bits per heavy atom. The minimum atomic E-state index is 0.407. The van der Waals surface area contributed by atoms with Gasteiger partial charge in [-0.25, -0.2) is 0 Å². The molecule has 1 aliphatic rings. The molecule has 1 atom stereocenters. The van der Waals surface area contributed by atoms with E-state index in [2.05, 4.69) is 19.1 Å². The molecule has 1 aliphatic heterocycles. The number of nitrogen functional groups attached to an aromatic ring is 1. The number of hydrogen-bond donors (Lipinski definition) is 1. The Morgan fingerprint density at radius 1 is 0.950 bits per heavy atom. The van der Waals surface area contributed by atoms with Crippen LogP contribution in [0.3, 0.4) is 0 Å². The zero-order valence-electron chi connectivity index (χ0n) is 11.8. The molecule has 0 aromatic heterocycles. The van der Waals surface area contributed by atoms with E-state index in [0.717, 1.165) is 33.9 Å². The molecule has 0 radical (unpaired) electrons. The maximum atomic E-state index is 5.87. The van der Waals surface area contributed by atoms with Crippen molar-refractivity contribution in [1.82, 2.24) is 0 Å². The second kappa shape index (κ2) is 5.08. The number of benzene rings is 2. The Bertz CT molecular complexity index is 637. The zero-order valence-corrected chi connectivity index (χ0v) is 11.8. The van der Waals surface area contributed by atoms with Crippen molar-refractivity contribution >= 4 is 5.69 Å². The van der Waals surface area contributed by atoms with Gasteiger partial charge in [-0.1, -0.05) is 19.1 Å². The summed E-state index contributed by atoms with van der Waals surface area (Å²) in [4.78, 5) is 0. The molecule has 2 aromatic carbocycles. The lowest BCUT2D eigenvalue weighted by Crippen LogP contribution is -2.12. The molecule has 3 rings (SSSR count). The van der Waals surface area contributed by atoms with Crippen LogP contribution in [0.1, 0.15) is 12.5 Å². The summed E-state index contributed by atoms with van der Waals surface area (Å²) in [6, 6.07) is 12.1. The zero-order chi connectivity index (χ0) is 14.1. The molecular formula is C17H19NO2. The average Bonchev–Trinajstić information content (AvgIpc) is 2.64. The summed E-state index contributed by atoms with van der Waals surface area (Å²) in [5.74, 6) is 2.05. The third kappa shape index (κ3) is 2.44. The van der Waals surface area contributed by atoms with Gasteiger partial charge < -0.3 is 15.2 Å². The summed E-state index contributed by atoms with van der Waals surface area (Å²) in [7, 11) is 0. The van der Waals surface area contributed by atoms with Gasteiger partial charge in [0.1, 0.15) is 0 Å². The van der Waals surface area contributed by atoms with Crippen LogP contribution in [0, 0.1) is 12.8 Å². The van der Waals surface area contributed by atoms with Crippen molar-refractivity contribution < 1.29 is 9.47 Å². The molecule has 0 spiro atoms. The monoisotopic (exact) mass is 269 g/mol. The summed E-state index contributed by atoms with van der Waals surface area (Å²) >= 11 is 0. The van der Waals surface area contributed by atoms with Crippen molar-refractivity contribution in [2.24, 2.45) is 5.92 Å². The minimum Gasteiger partial charge on any atom is -0.489 e. The fraction of sp³-hybridized carbons (Fsp3) is 0.294. The molecule has 2 N–H and O–H groups in total. The van der Waals surface area contributed by atoms with Crippen molar-refractivity contribution in [1.29, 1.82) is 0 Å². The summed E-state index contributed by atoms with van der Waals surface area (Å²) in [6.07, 6.45) is 0. The second-order valence-corrected chi connectivity index (χ2v) is 5.46. The van der Waals surface area contributed by atoms with Crippen LogP contribution in [0.15, 0.2) is 36.4 Å². The largest absolute Gasteiger partial charge is 0.489 e. The van der Waals surface area contributed by atoms with Gasteiger partial charge in [0.05, 0.1) is 13.2 Å². The lowest BCUT2D eigenvalue weighted by Gasteiger charge is -2.10. The van der Waals surface area contributed by atoms with Crippen LogP contribution >= 0.6 is 0 Å². The predicted octanol–water partition coefficient (Wildman–Crippen LogP) is 3.65. The van der Waals surface area contributed by atoms with Crippen LogP contribution < -0.4 is 15.2 Å². The topological polar surface area (TPSA) is 44.5 Å². The molecule has 104 valence electrons. The van der Waals surface area contributed by atoms with Gasteiger partial charge in [-0.05, 0) is 47.9 Å². The third-order valence-electron chi connectivity index (χ3n) is 3.59. The van der Waals surface area contributed by atoms with Gasteiger partial charge in [-0.2, -0.15) is 0 Å². The number of hydrogen-bond acceptors (Lipinski definition) is 3. The molecule has 0 amide bonds. The molecule has 0 bridgehead atoms. The molecule has 0 saturated carbocycles. The molecule has 0 saturated heterocycles. The normalized spacial score (nSPS) is 17.6. The van der Waals surface area contributed by atoms with Crippen molar-refractivity contribution in [2.45, 2.75) is 13.8 Å². The van der Waals surface area contributed by atoms with Gasteiger partial charge in [-0.15, -0.1) is 0 Å². The van der Waals surface area contributed by atoms with Crippen LogP contribution in [0.4, 0.5) is 5.69 Å². The van der Waals surface area contributed by atoms with Crippen molar-refractivity contribution in [3.63, 3.8) is 0 Å². The quantitative estimate of drug-likeness (QED) is 0.804. The lowest BCUT2D eigenvalue weighted by molar-refractivity contribution is 0.228. The van der Waals surface area contributed by atoms with Gasteiger partial charge in [-0.3, -0.25) is 0 Å². The highest BCUT2D eigenvalue weighted by molar-refractivity contribution is 5.70. The van der Waals surface area contributed by atoms with Crippen LogP contribution in [-0.4, -0.2) is 13.2 Å². The van der Waals surface area contributed by atoms with Crippen LogP contribution in [0.2, 0.25) is 0 Å². The maximum Gasteiger partial charge on any atom is 0.161 e.